The van der Waals surface area contributed by atoms with Crippen LogP contribution in [-0.4, -0.2) is 20.9 Å². The molecule has 0 heterocycles. The van der Waals surface area contributed by atoms with Crippen molar-refractivity contribution in [3.05, 3.63) is 35.4 Å². The van der Waals surface area contributed by atoms with E-state index in [1.165, 1.54) is 5.06 Å². The van der Waals surface area contributed by atoms with Gasteiger partial charge < -0.3 is 10.3 Å². The number of rotatable bonds is 4. The number of hydrogen-bond acceptors (Lipinski definition) is 3. The molecule has 0 saturated heterocycles. The van der Waals surface area contributed by atoms with E-state index in [4.69, 9.17) is 5.11 Å². The first-order valence-corrected chi connectivity index (χ1v) is 6.45. The van der Waals surface area contributed by atoms with Crippen LogP contribution in [0.5, 0.6) is 0 Å². The highest BCUT2D eigenvalue weighted by Crippen LogP contribution is 2.32. The van der Waals surface area contributed by atoms with Crippen LogP contribution in [0.15, 0.2) is 24.3 Å². The maximum absolute atomic E-state index is 10.4. The summed E-state index contributed by atoms with van der Waals surface area (Å²) in [7, 11) is 0. The number of aliphatic hydroxyl groups excluding tert-OH is 1. The van der Waals surface area contributed by atoms with E-state index in [1.807, 2.05) is 45.0 Å². The Morgan fingerprint density at radius 2 is 1.61 bits per heavy atom. The number of nitrogens with zero attached hydrogens (tertiary/aromatic N) is 1. The van der Waals surface area contributed by atoms with E-state index in [0.29, 0.717) is 5.92 Å². The van der Waals surface area contributed by atoms with Gasteiger partial charge in [0.25, 0.3) is 0 Å². The summed E-state index contributed by atoms with van der Waals surface area (Å²) in [6.07, 6.45) is 0. The van der Waals surface area contributed by atoms with Crippen molar-refractivity contribution in [3.8, 4) is 0 Å². The fourth-order valence-electron chi connectivity index (χ4n) is 2.05. The molecule has 0 aliphatic carbocycles. The van der Waals surface area contributed by atoms with E-state index < -0.39 is 0 Å². The van der Waals surface area contributed by atoms with Crippen LogP contribution >= 0.6 is 0 Å². The molecule has 3 nitrogen and oxygen atoms in total. The van der Waals surface area contributed by atoms with Crippen LogP contribution in [0.1, 0.15) is 51.8 Å². The van der Waals surface area contributed by atoms with E-state index in [9.17, 15) is 5.21 Å². The van der Waals surface area contributed by atoms with E-state index in [0.717, 1.165) is 11.1 Å². The molecular formula is C15H25NO2. The zero-order chi connectivity index (χ0) is 13.9. The second kappa shape index (κ2) is 5.83. The van der Waals surface area contributed by atoms with Gasteiger partial charge >= 0.3 is 0 Å². The van der Waals surface area contributed by atoms with Crippen LogP contribution in [0.4, 0.5) is 0 Å². The van der Waals surface area contributed by atoms with Gasteiger partial charge in [-0.1, -0.05) is 38.1 Å². The van der Waals surface area contributed by atoms with Gasteiger partial charge in [-0.2, -0.15) is 5.06 Å². The van der Waals surface area contributed by atoms with Gasteiger partial charge in [-0.15, -0.1) is 0 Å². The average molecular weight is 251 g/mol. The molecule has 2 N–H and O–H groups in total. The Kier molecular flexibility index (Phi) is 4.91. The molecule has 1 atom stereocenters. The number of aliphatic hydroxyl groups is 1. The largest absolute Gasteiger partial charge is 0.392 e. The first-order chi connectivity index (χ1) is 8.27. The molecule has 1 aromatic rings. The summed E-state index contributed by atoms with van der Waals surface area (Å²) in [6, 6.07) is 7.72. The monoisotopic (exact) mass is 251 g/mol. The topological polar surface area (TPSA) is 43.7 Å². The molecule has 18 heavy (non-hydrogen) atoms. The van der Waals surface area contributed by atoms with Gasteiger partial charge in [-0.05, 0) is 37.8 Å². The van der Waals surface area contributed by atoms with Gasteiger partial charge in [-0.25, -0.2) is 0 Å². The number of hydroxylamine groups is 2. The molecule has 1 aromatic carbocycles. The standard InChI is InChI=1S/C15H25NO2/c1-11(2)14(16(18)15(3,4)5)13-8-6-12(10-17)7-9-13/h6-9,11,14,17-18H,10H2,1-5H3. The van der Waals surface area contributed by atoms with Crippen LogP contribution in [0.2, 0.25) is 0 Å². The summed E-state index contributed by atoms with van der Waals surface area (Å²) in [5, 5.41) is 20.9. The third kappa shape index (κ3) is 3.55. The van der Waals surface area contributed by atoms with Gasteiger partial charge in [0, 0.05) is 5.54 Å². The molecule has 3 heteroatoms. The van der Waals surface area contributed by atoms with Crippen molar-refractivity contribution in [1.29, 1.82) is 0 Å². The second-order valence-corrected chi connectivity index (χ2v) is 6.10. The van der Waals surface area contributed by atoms with Crippen LogP contribution in [0.3, 0.4) is 0 Å². The zero-order valence-corrected chi connectivity index (χ0v) is 12.0. The smallest absolute Gasteiger partial charge is 0.0681 e. The van der Waals surface area contributed by atoms with Crippen LogP contribution < -0.4 is 0 Å². The Morgan fingerprint density at radius 1 is 1.11 bits per heavy atom. The fourth-order valence-corrected chi connectivity index (χ4v) is 2.05. The Hall–Kier alpha value is -0.900. The molecule has 0 radical (unpaired) electrons. The van der Waals surface area contributed by atoms with Crippen molar-refractivity contribution >= 4 is 0 Å². The molecule has 0 fully saturated rings. The van der Waals surface area contributed by atoms with Crippen molar-refractivity contribution < 1.29 is 10.3 Å². The fraction of sp³-hybridized carbons (Fsp3) is 0.600. The van der Waals surface area contributed by atoms with E-state index in [2.05, 4.69) is 13.8 Å². The minimum Gasteiger partial charge on any atom is -0.392 e. The first-order valence-electron chi connectivity index (χ1n) is 6.45. The Morgan fingerprint density at radius 3 is 1.94 bits per heavy atom. The highest BCUT2D eigenvalue weighted by molar-refractivity contribution is 5.25. The van der Waals surface area contributed by atoms with Crippen LogP contribution in [0.25, 0.3) is 0 Å². The molecular weight excluding hydrogens is 226 g/mol. The Bertz CT molecular complexity index is 365. The Balaban J connectivity index is 3.04. The number of hydrogen-bond donors (Lipinski definition) is 2. The van der Waals surface area contributed by atoms with Crippen molar-refractivity contribution in [2.24, 2.45) is 5.92 Å². The summed E-state index contributed by atoms with van der Waals surface area (Å²) in [6.45, 7) is 10.2. The third-order valence-electron chi connectivity index (χ3n) is 3.09. The molecule has 0 bridgehead atoms. The summed E-state index contributed by atoms with van der Waals surface area (Å²) in [5.41, 5.74) is 1.66. The molecule has 1 unspecified atom stereocenters. The molecule has 0 aliphatic heterocycles. The van der Waals surface area contributed by atoms with Gasteiger partial charge in [-0.3, -0.25) is 0 Å². The lowest BCUT2D eigenvalue weighted by molar-refractivity contribution is -0.199. The Labute approximate surface area is 110 Å². The molecule has 0 aromatic heterocycles. The number of benzene rings is 1. The predicted octanol–water partition coefficient (Wildman–Crippen LogP) is 3.37. The summed E-state index contributed by atoms with van der Waals surface area (Å²) in [4.78, 5) is 0. The highest BCUT2D eigenvalue weighted by Gasteiger charge is 2.30. The second-order valence-electron chi connectivity index (χ2n) is 6.10. The van der Waals surface area contributed by atoms with Crippen LogP contribution in [-0.2, 0) is 6.61 Å². The average Bonchev–Trinajstić information content (AvgIpc) is 2.28. The molecule has 102 valence electrons. The van der Waals surface area contributed by atoms with Gasteiger partial charge in [0.05, 0.1) is 12.6 Å². The van der Waals surface area contributed by atoms with Crippen molar-refractivity contribution in [1.82, 2.24) is 5.06 Å². The first kappa shape index (κ1) is 15.2. The lowest BCUT2D eigenvalue weighted by Gasteiger charge is -2.38. The molecule has 0 spiro atoms. The van der Waals surface area contributed by atoms with Crippen molar-refractivity contribution in [2.45, 2.75) is 52.8 Å². The predicted molar refractivity (Wildman–Crippen MR) is 73.3 cm³/mol. The molecule has 0 aliphatic rings. The summed E-state index contributed by atoms with van der Waals surface area (Å²) in [5.74, 6) is 0.300. The quantitative estimate of drug-likeness (QED) is 0.806. The zero-order valence-electron chi connectivity index (χ0n) is 12.0. The SMILES string of the molecule is CC(C)C(c1ccc(CO)cc1)N(O)C(C)(C)C. The van der Waals surface area contributed by atoms with Gasteiger partial charge in [0.1, 0.15) is 0 Å². The highest BCUT2D eigenvalue weighted by atomic mass is 16.5. The minimum absolute atomic E-state index is 0.0438. The molecule has 1 rings (SSSR count). The van der Waals surface area contributed by atoms with Crippen molar-refractivity contribution in [3.63, 3.8) is 0 Å². The maximum Gasteiger partial charge on any atom is 0.0681 e. The lowest BCUT2D eigenvalue weighted by atomic mass is 9.92. The minimum atomic E-state index is -0.301. The van der Waals surface area contributed by atoms with Crippen molar-refractivity contribution in [2.75, 3.05) is 0 Å². The van der Waals surface area contributed by atoms with Gasteiger partial charge in [0.15, 0.2) is 0 Å². The summed E-state index contributed by atoms with van der Waals surface area (Å²) < 4.78 is 0. The molecule has 0 amide bonds. The van der Waals surface area contributed by atoms with Crippen LogP contribution in [0, 0.1) is 5.92 Å². The van der Waals surface area contributed by atoms with Gasteiger partial charge in [0.2, 0.25) is 0 Å². The third-order valence-corrected chi connectivity index (χ3v) is 3.09. The summed E-state index contributed by atoms with van der Waals surface area (Å²) >= 11 is 0. The maximum atomic E-state index is 10.4. The lowest BCUT2D eigenvalue weighted by Crippen LogP contribution is -2.43. The normalized spacial score (nSPS) is 14.3. The molecule has 0 saturated carbocycles. The van der Waals surface area contributed by atoms with E-state index in [-0.39, 0.29) is 18.2 Å². The van der Waals surface area contributed by atoms with E-state index >= 15 is 0 Å². The van der Waals surface area contributed by atoms with E-state index in [1.54, 1.807) is 0 Å².